The molecule has 9 aromatic carbocycles. The normalized spacial score (nSPS) is 15.1. The van der Waals surface area contributed by atoms with Crippen LogP contribution >= 0.6 is 0 Å². The van der Waals surface area contributed by atoms with Gasteiger partial charge in [-0.3, -0.25) is 4.57 Å². The van der Waals surface area contributed by atoms with Crippen LogP contribution in [-0.2, 0) is 0 Å². The topological polar surface area (TPSA) is 27.7 Å². The van der Waals surface area contributed by atoms with E-state index in [9.17, 15) is 0 Å². The second-order valence-corrected chi connectivity index (χ2v) is 17.8. The highest BCUT2D eigenvalue weighted by molar-refractivity contribution is 6.16. The summed E-state index contributed by atoms with van der Waals surface area (Å²) < 4.78 is 7.32. The molecule has 4 nitrogen and oxygen atoms in total. The number of rotatable bonds is 4. The third-order valence-corrected chi connectivity index (χ3v) is 14.6. The molecule has 0 spiro atoms. The number of aromatic nitrogens is 4. The van der Waals surface area contributed by atoms with E-state index < -0.39 is 0 Å². The van der Waals surface area contributed by atoms with Crippen molar-refractivity contribution in [1.82, 2.24) is 18.7 Å². The van der Waals surface area contributed by atoms with Gasteiger partial charge in [0.05, 0.1) is 44.5 Å². The summed E-state index contributed by atoms with van der Waals surface area (Å²) in [6, 6.07) is 80.5. The van der Waals surface area contributed by atoms with Crippen LogP contribution in [0.2, 0.25) is 0 Å². The number of pyridine rings is 1. The number of nitrogens with zero attached hydrogens (tertiary/aromatic N) is 4. The van der Waals surface area contributed by atoms with E-state index in [1.165, 1.54) is 93.5 Å². The lowest BCUT2D eigenvalue weighted by Crippen LogP contribution is -2.28. The monoisotopic (exact) mass is 826 g/mol. The summed E-state index contributed by atoms with van der Waals surface area (Å²) in [5, 5.41) is 7.69. The van der Waals surface area contributed by atoms with Crippen LogP contribution in [0.1, 0.15) is 45.2 Å². The van der Waals surface area contributed by atoms with Gasteiger partial charge >= 0.3 is 0 Å². The second-order valence-electron chi connectivity index (χ2n) is 17.8. The predicted octanol–water partition coefficient (Wildman–Crippen LogP) is 15.0. The first-order chi connectivity index (χ1) is 32.3. The molecular weight excluding hydrogens is 789 g/mol. The summed E-state index contributed by atoms with van der Waals surface area (Å²) in [5.74, 6) is 1.04. The summed E-state index contributed by atoms with van der Waals surface area (Å²) in [5.41, 5.74) is 20.0. The Hall–Kier alpha value is -8.47. The molecule has 65 heavy (non-hydrogen) atoms. The molecule has 302 valence electrons. The van der Waals surface area contributed by atoms with E-state index in [0.717, 1.165) is 33.8 Å². The molecule has 13 aromatic rings. The summed E-state index contributed by atoms with van der Waals surface area (Å²) in [7, 11) is 0. The Morgan fingerprint density at radius 1 is 0.308 bits per heavy atom. The van der Waals surface area contributed by atoms with Gasteiger partial charge in [-0.15, -0.1) is 0 Å². The Morgan fingerprint density at radius 3 is 1.32 bits per heavy atom. The van der Waals surface area contributed by atoms with Crippen molar-refractivity contribution < 1.29 is 0 Å². The van der Waals surface area contributed by atoms with Crippen LogP contribution in [0, 0.1) is 0 Å². The average Bonchev–Trinajstić information content (AvgIpc) is 4.03. The third kappa shape index (κ3) is 4.67. The molecule has 2 bridgehead atoms. The van der Waals surface area contributed by atoms with Crippen molar-refractivity contribution >= 4 is 65.4 Å². The number of para-hydroxylation sites is 5. The van der Waals surface area contributed by atoms with Crippen LogP contribution in [0.4, 0.5) is 0 Å². The lowest BCUT2D eigenvalue weighted by atomic mass is 9.59. The number of hydrogen-bond donors (Lipinski definition) is 0. The van der Waals surface area contributed by atoms with Crippen molar-refractivity contribution in [2.24, 2.45) is 0 Å². The fraction of sp³-hybridized carbons (Fsp3) is 0.0328. The highest BCUT2D eigenvalue weighted by atomic mass is 15.1. The van der Waals surface area contributed by atoms with Crippen molar-refractivity contribution in [2.75, 3.05) is 0 Å². The quantitative estimate of drug-likeness (QED) is 0.174. The van der Waals surface area contributed by atoms with Gasteiger partial charge in [0, 0.05) is 61.5 Å². The second kappa shape index (κ2) is 13.0. The molecule has 4 heteroatoms. The predicted molar refractivity (Wildman–Crippen MR) is 267 cm³/mol. The van der Waals surface area contributed by atoms with Gasteiger partial charge in [0.1, 0.15) is 5.82 Å². The van der Waals surface area contributed by atoms with Gasteiger partial charge in [-0.1, -0.05) is 158 Å². The van der Waals surface area contributed by atoms with Crippen molar-refractivity contribution in [3.05, 3.63) is 252 Å². The van der Waals surface area contributed by atoms with E-state index >= 15 is 0 Å². The molecule has 0 saturated heterocycles. The van der Waals surface area contributed by atoms with Crippen LogP contribution < -0.4 is 0 Å². The maximum Gasteiger partial charge on any atom is 0.140 e. The van der Waals surface area contributed by atoms with Gasteiger partial charge in [-0.2, -0.15) is 0 Å². The van der Waals surface area contributed by atoms with E-state index in [1.807, 2.05) is 0 Å². The van der Waals surface area contributed by atoms with Crippen LogP contribution in [0.3, 0.4) is 0 Å². The number of benzene rings is 9. The molecule has 0 fully saturated rings. The zero-order valence-electron chi connectivity index (χ0n) is 35.2. The summed E-state index contributed by atoms with van der Waals surface area (Å²) in [6.07, 6.45) is 0. The summed E-state index contributed by atoms with van der Waals surface area (Å²) in [6.45, 7) is 0. The van der Waals surface area contributed by atoms with Gasteiger partial charge in [-0.25, -0.2) is 4.98 Å². The van der Waals surface area contributed by atoms with E-state index in [1.54, 1.807) is 0 Å². The molecule has 0 amide bonds. The van der Waals surface area contributed by atoms with Gasteiger partial charge in [0.15, 0.2) is 0 Å². The van der Waals surface area contributed by atoms with E-state index in [0.29, 0.717) is 0 Å². The van der Waals surface area contributed by atoms with E-state index in [2.05, 4.69) is 232 Å². The molecule has 2 unspecified atom stereocenters. The molecule has 2 atom stereocenters. The largest absolute Gasteiger partial charge is 0.309 e. The Balaban J connectivity index is 1.04. The molecule has 0 saturated carbocycles. The van der Waals surface area contributed by atoms with Crippen molar-refractivity contribution in [3.8, 4) is 28.5 Å². The molecule has 16 rings (SSSR count). The minimum Gasteiger partial charge on any atom is -0.309 e. The first kappa shape index (κ1) is 35.0. The van der Waals surface area contributed by atoms with Crippen molar-refractivity contribution in [3.63, 3.8) is 0 Å². The Kier molecular flexibility index (Phi) is 7.03. The minimum atomic E-state index is 0.0355. The summed E-state index contributed by atoms with van der Waals surface area (Å²) >= 11 is 0. The highest BCUT2D eigenvalue weighted by Crippen LogP contribution is 2.60. The fourth-order valence-corrected chi connectivity index (χ4v) is 12.1. The van der Waals surface area contributed by atoms with Crippen LogP contribution in [0.25, 0.3) is 93.9 Å². The lowest BCUT2D eigenvalue weighted by molar-refractivity contribution is 0.768. The fourth-order valence-electron chi connectivity index (χ4n) is 12.1. The Bertz CT molecular complexity index is 4080. The van der Waals surface area contributed by atoms with Crippen molar-refractivity contribution in [2.45, 2.75) is 11.8 Å². The zero-order chi connectivity index (χ0) is 42.3. The van der Waals surface area contributed by atoms with Crippen LogP contribution in [0.5, 0.6) is 0 Å². The smallest absolute Gasteiger partial charge is 0.140 e. The van der Waals surface area contributed by atoms with Crippen LogP contribution in [0.15, 0.2) is 218 Å². The first-order valence-electron chi connectivity index (χ1n) is 22.6. The van der Waals surface area contributed by atoms with Gasteiger partial charge in [0.25, 0.3) is 0 Å². The van der Waals surface area contributed by atoms with Crippen molar-refractivity contribution in [1.29, 1.82) is 0 Å². The molecule has 0 radical (unpaired) electrons. The zero-order valence-corrected chi connectivity index (χ0v) is 35.2. The molecule has 3 aliphatic carbocycles. The van der Waals surface area contributed by atoms with E-state index in [-0.39, 0.29) is 11.8 Å². The lowest BCUT2D eigenvalue weighted by Gasteiger charge is -2.43. The third-order valence-electron chi connectivity index (χ3n) is 14.6. The molecular formula is C61H38N4. The molecule has 0 N–H and O–H groups in total. The Morgan fingerprint density at radius 2 is 0.754 bits per heavy atom. The maximum absolute atomic E-state index is 5.49. The SMILES string of the molecule is c1ccc(-c2cc(-n3c4ccccc4c4c5c(ccc43)C3c4ccccc4C5c4c3ccc3c4c4ccccc4n3-c3ccccc3)cc(-n3c4ccccc4c4ccccc43)n2)cc1. The average molecular weight is 827 g/mol. The Labute approximate surface area is 374 Å². The van der Waals surface area contributed by atoms with E-state index in [4.69, 9.17) is 4.98 Å². The molecule has 0 aliphatic heterocycles. The highest BCUT2D eigenvalue weighted by Gasteiger charge is 2.44. The minimum absolute atomic E-state index is 0.0355. The van der Waals surface area contributed by atoms with Gasteiger partial charge in [0.2, 0.25) is 0 Å². The number of fused-ring (bicyclic) bond motifs is 9. The molecule has 3 aliphatic rings. The standard InChI is InChI=1S/C61H38N4/c1-3-17-37(18-4-1)48-35-39(36-55(62-48)65-49-27-13-9-21-40(49)41-22-10-14-28-50(41)65)64-52-30-16-12-26-45(52)58-54(64)34-32-47-56-42-23-7-8-24-43(42)59(61(47)58)60-46(56)31-33-53-57(60)44-25-11-15-29-51(44)63(53)38-19-5-2-6-20-38/h1-36,56,59H. The van der Waals surface area contributed by atoms with Crippen LogP contribution in [-0.4, -0.2) is 18.7 Å². The first-order valence-corrected chi connectivity index (χ1v) is 22.6. The van der Waals surface area contributed by atoms with Gasteiger partial charge in [-0.05, 0) is 88.0 Å². The van der Waals surface area contributed by atoms with Gasteiger partial charge < -0.3 is 9.13 Å². The molecule has 4 heterocycles. The maximum atomic E-state index is 5.49. The number of hydrogen-bond acceptors (Lipinski definition) is 1. The summed E-state index contributed by atoms with van der Waals surface area (Å²) in [4.78, 5) is 5.49. The molecule has 4 aromatic heterocycles.